The van der Waals surface area contributed by atoms with Crippen LogP contribution in [-0.4, -0.2) is 60.6 Å². The fourth-order valence-electron chi connectivity index (χ4n) is 3.13. The van der Waals surface area contributed by atoms with Gasteiger partial charge in [-0.1, -0.05) is 13.8 Å². The molecule has 110 valence electrons. The monoisotopic (exact) mass is 266 g/mol. The number of nitrogens with one attached hydrogen (secondary N) is 1. The minimum Gasteiger partial charge on any atom is -0.303 e. The van der Waals surface area contributed by atoms with Crippen LogP contribution < -0.4 is 5.32 Å². The fourth-order valence-corrected chi connectivity index (χ4v) is 3.13. The highest BCUT2D eigenvalue weighted by Crippen LogP contribution is 2.22. The van der Waals surface area contributed by atoms with Gasteiger partial charge in [-0.05, 0) is 46.8 Å². The average molecular weight is 266 g/mol. The summed E-state index contributed by atoms with van der Waals surface area (Å²) in [6.07, 6.45) is 2.14. The van der Waals surface area contributed by atoms with Crippen molar-refractivity contribution in [2.75, 3.05) is 33.2 Å². The number of nitrogens with zero attached hydrogens (tertiary/aromatic N) is 3. The molecule has 1 fully saturated rings. The molecule has 0 aromatic heterocycles. The van der Waals surface area contributed by atoms with Crippen LogP contribution in [0.5, 0.6) is 0 Å². The van der Waals surface area contributed by atoms with Crippen LogP contribution in [0, 0.1) is 11.3 Å². The molecule has 1 aliphatic heterocycles. The zero-order valence-electron chi connectivity index (χ0n) is 13.2. The summed E-state index contributed by atoms with van der Waals surface area (Å²) in [6, 6.07) is 3.54. The maximum Gasteiger partial charge on any atom is 0.105 e. The second kappa shape index (κ2) is 7.23. The summed E-state index contributed by atoms with van der Waals surface area (Å²) in [4.78, 5) is 5.09. The summed E-state index contributed by atoms with van der Waals surface area (Å²) >= 11 is 0. The lowest BCUT2D eigenvalue weighted by Gasteiger charge is -2.32. The molecule has 0 spiro atoms. The Hall–Kier alpha value is -0.630. The van der Waals surface area contributed by atoms with Crippen molar-refractivity contribution >= 4 is 0 Å². The predicted octanol–water partition coefficient (Wildman–Crippen LogP) is 1.68. The van der Waals surface area contributed by atoms with E-state index in [4.69, 9.17) is 0 Å². The molecule has 19 heavy (non-hydrogen) atoms. The highest BCUT2D eigenvalue weighted by atomic mass is 15.3. The van der Waals surface area contributed by atoms with Gasteiger partial charge in [0, 0.05) is 25.2 Å². The molecule has 0 aromatic carbocycles. The third kappa shape index (κ3) is 4.17. The van der Waals surface area contributed by atoms with E-state index in [1.165, 1.54) is 6.42 Å². The quantitative estimate of drug-likeness (QED) is 0.761. The Balaban J connectivity index is 2.53. The van der Waals surface area contributed by atoms with Gasteiger partial charge < -0.3 is 5.32 Å². The van der Waals surface area contributed by atoms with Gasteiger partial charge in [-0.15, -0.1) is 0 Å². The van der Waals surface area contributed by atoms with Gasteiger partial charge in [-0.3, -0.25) is 9.80 Å². The van der Waals surface area contributed by atoms with E-state index in [-0.39, 0.29) is 0 Å². The number of rotatable bonds is 7. The van der Waals surface area contributed by atoms with E-state index in [9.17, 15) is 5.26 Å². The van der Waals surface area contributed by atoms with E-state index in [0.717, 1.165) is 32.6 Å². The largest absolute Gasteiger partial charge is 0.303 e. The molecule has 1 saturated heterocycles. The first-order valence-electron chi connectivity index (χ1n) is 7.57. The van der Waals surface area contributed by atoms with Crippen LogP contribution in [0.3, 0.4) is 0 Å². The van der Waals surface area contributed by atoms with Crippen molar-refractivity contribution in [3.05, 3.63) is 0 Å². The van der Waals surface area contributed by atoms with Crippen molar-refractivity contribution in [2.45, 2.75) is 58.2 Å². The van der Waals surface area contributed by atoms with Crippen molar-refractivity contribution in [1.29, 1.82) is 5.26 Å². The third-order valence-electron chi connectivity index (χ3n) is 4.65. The van der Waals surface area contributed by atoms with Gasteiger partial charge in [0.15, 0.2) is 0 Å². The molecule has 4 nitrogen and oxygen atoms in total. The van der Waals surface area contributed by atoms with Crippen molar-refractivity contribution < 1.29 is 0 Å². The van der Waals surface area contributed by atoms with E-state index < -0.39 is 5.54 Å². The lowest BCUT2D eigenvalue weighted by molar-refractivity contribution is 0.177. The topological polar surface area (TPSA) is 42.3 Å². The Bertz CT molecular complexity index is 308. The molecule has 0 bridgehead atoms. The minimum absolute atomic E-state index is 0.410. The first-order valence-corrected chi connectivity index (χ1v) is 7.57. The number of nitriles is 1. The first kappa shape index (κ1) is 16.4. The van der Waals surface area contributed by atoms with Crippen molar-refractivity contribution in [3.8, 4) is 6.07 Å². The second-order valence-electron chi connectivity index (χ2n) is 5.91. The summed E-state index contributed by atoms with van der Waals surface area (Å²) in [7, 11) is 1.87. The molecule has 0 radical (unpaired) electrons. The Labute approximate surface area is 118 Å². The highest BCUT2D eigenvalue weighted by Gasteiger charge is 2.32. The molecule has 4 heteroatoms. The molecule has 0 aromatic rings. The summed E-state index contributed by atoms with van der Waals surface area (Å²) in [5.74, 6) is 0. The minimum atomic E-state index is -0.410. The number of likely N-dealkylation sites (N-methyl/N-ethyl adjacent to an activating group) is 1. The standard InChI is InChI=1S/C15H30N4/c1-6-18(7-2)14-8-9-19(11-14)13(3)10-15(4,12-16)17-5/h13-14,17H,6-11H2,1-5H3. The summed E-state index contributed by atoms with van der Waals surface area (Å²) in [5.41, 5.74) is -0.410. The number of hydrogen-bond acceptors (Lipinski definition) is 4. The first-order chi connectivity index (χ1) is 8.99. The van der Waals surface area contributed by atoms with Crippen LogP contribution >= 0.6 is 0 Å². The normalized spacial score (nSPS) is 25.2. The molecule has 3 unspecified atom stereocenters. The smallest absolute Gasteiger partial charge is 0.105 e. The van der Waals surface area contributed by atoms with Crippen molar-refractivity contribution in [1.82, 2.24) is 15.1 Å². The summed E-state index contributed by atoms with van der Waals surface area (Å²) in [5, 5.41) is 12.4. The zero-order chi connectivity index (χ0) is 14.5. The van der Waals surface area contributed by atoms with E-state index in [1.54, 1.807) is 0 Å². The van der Waals surface area contributed by atoms with E-state index in [0.29, 0.717) is 12.1 Å². The molecule has 1 aliphatic rings. The molecule has 0 saturated carbocycles. The SMILES string of the molecule is CCN(CC)C1CCN(C(C)CC(C)(C#N)NC)C1. The van der Waals surface area contributed by atoms with Gasteiger partial charge >= 0.3 is 0 Å². The molecular formula is C15H30N4. The van der Waals surface area contributed by atoms with Gasteiger partial charge in [-0.25, -0.2) is 0 Å². The second-order valence-corrected chi connectivity index (χ2v) is 5.91. The summed E-state index contributed by atoms with van der Waals surface area (Å²) < 4.78 is 0. The maximum atomic E-state index is 9.25. The fraction of sp³-hybridized carbons (Fsp3) is 0.933. The van der Waals surface area contributed by atoms with Crippen LogP contribution in [-0.2, 0) is 0 Å². The molecule has 0 amide bonds. The van der Waals surface area contributed by atoms with E-state index in [2.05, 4.69) is 42.0 Å². The third-order valence-corrected chi connectivity index (χ3v) is 4.65. The number of likely N-dealkylation sites (tertiary alicyclic amines) is 1. The predicted molar refractivity (Wildman–Crippen MR) is 80.1 cm³/mol. The maximum absolute atomic E-state index is 9.25. The van der Waals surface area contributed by atoms with Gasteiger partial charge in [0.2, 0.25) is 0 Å². The van der Waals surface area contributed by atoms with E-state index in [1.807, 2.05) is 14.0 Å². The zero-order valence-corrected chi connectivity index (χ0v) is 13.2. The van der Waals surface area contributed by atoms with Crippen LogP contribution in [0.4, 0.5) is 0 Å². The Morgan fingerprint density at radius 3 is 2.58 bits per heavy atom. The van der Waals surface area contributed by atoms with Crippen molar-refractivity contribution in [3.63, 3.8) is 0 Å². The van der Waals surface area contributed by atoms with Gasteiger partial charge in [0.25, 0.3) is 0 Å². The Morgan fingerprint density at radius 2 is 2.11 bits per heavy atom. The van der Waals surface area contributed by atoms with Gasteiger partial charge in [-0.2, -0.15) is 5.26 Å². The lowest BCUT2D eigenvalue weighted by atomic mass is 9.95. The summed E-state index contributed by atoms with van der Waals surface area (Å²) in [6.45, 7) is 13.3. The number of hydrogen-bond donors (Lipinski definition) is 1. The van der Waals surface area contributed by atoms with E-state index >= 15 is 0 Å². The lowest BCUT2D eigenvalue weighted by Crippen LogP contribution is -2.46. The average Bonchev–Trinajstić information content (AvgIpc) is 2.90. The van der Waals surface area contributed by atoms with Crippen LogP contribution in [0.2, 0.25) is 0 Å². The van der Waals surface area contributed by atoms with Crippen LogP contribution in [0.1, 0.15) is 40.5 Å². The van der Waals surface area contributed by atoms with Crippen LogP contribution in [0.25, 0.3) is 0 Å². The highest BCUT2D eigenvalue weighted by molar-refractivity contribution is 5.05. The van der Waals surface area contributed by atoms with Gasteiger partial charge in [0.05, 0.1) is 6.07 Å². The molecule has 0 aliphatic carbocycles. The van der Waals surface area contributed by atoms with Gasteiger partial charge in [0.1, 0.15) is 5.54 Å². The molecule has 3 atom stereocenters. The Morgan fingerprint density at radius 1 is 1.47 bits per heavy atom. The molecule has 1 heterocycles. The molecular weight excluding hydrogens is 236 g/mol. The molecule has 1 rings (SSSR count). The molecule has 1 N–H and O–H groups in total. The van der Waals surface area contributed by atoms with Crippen molar-refractivity contribution in [2.24, 2.45) is 0 Å². The van der Waals surface area contributed by atoms with Crippen LogP contribution in [0.15, 0.2) is 0 Å². The Kier molecular flexibility index (Phi) is 6.25.